The molecule has 0 amide bonds. The lowest BCUT2D eigenvalue weighted by Crippen LogP contribution is -2.26. The van der Waals surface area contributed by atoms with Crippen LogP contribution in [0.1, 0.15) is 15.9 Å². The average molecular weight is 298 g/mol. The van der Waals surface area contributed by atoms with Gasteiger partial charge in [0.1, 0.15) is 5.56 Å². The lowest BCUT2D eigenvalue weighted by molar-refractivity contribution is -0.137. The molecule has 0 unspecified atom stereocenters. The topological polar surface area (TPSA) is 72.2 Å². The third kappa shape index (κ3) is 2.78. The number of aromatic carboxylic acids is 1. The zero-order valence-corrected chi connectivity index (χ0v) is 10.7. The van der Waals surface area contributed by atoms with E-state index in [0.29, 0.717) is 4.68 Å². The average Bonchev–Trinajstić information content (AvgIpc) is 2.40. The van der Waals surface area contributed by atoms with Gasteiger partial charge in [0, 0.05) is 12.6 Å². The standard InChI is InChI=1S/C13H9F3N2O3/c1-18-11(19)8(12(20)21)6-10(17-18)7-4-2-3-5-9(7)13(14,15)16/h2-6H,1H3,(H,20,21). The first-order valence-corrected chi connectivity index (χ1v) is 5.70. The van der Waals surface area contributed by atoms with Crippen LogP contribution in [0.25, 0.3) is 11.3 Å². The molecule has 0 atom stereocenters. The predicted molar refractivity (Wildman–Crippen MR) is 66.9 cm³/mol. The van der Waals surface area contributed by atoms with Crippen molar-refractivity contribution in [1.29, 1.82) is 0 Å². The van der Waals surface area contributed by atoms with E-state index in [-0.39, 0.29) is 11.3 Å². The van der Waals surface area contributed by atoms with E-state index in [1.807, 2.05) is 0 Å². The van der Waals surface area contributed by atoms with Crippen LogP contribution in [0.15, 0.2) is 35.1 Å². The van der Waals surface area contributed by atoms with Gasteiger partial charge in [-0.25, -0.2) is 9.48 Å². The van der Waals surface area contributed by atoms with Crippen molar-refractivity contribution in [3.05, 3.63) is 51.8 Å². The van der Waals surface area contributed by atoms with E-state index in [1.54, 1.807) is 0 Å². The molecule has 21 heavy (non-hydrogen) atoms. The van der Waals surface area contributed by atoms with Crippen LogP contribution in [0.3, 0.4) is 0 Å². The molecule has 0 aliphatic rings. The summed E-state index contributed by atoms with van der Waals surface area (Å²) in [7, 11) is 1.18. The fourth-order valence-electron chi connectivity index (χ4n) is 1.85. The largest absolute Gasteiger partial charge is 0.477 e. The van der Waals surface area contributed by atoms with Crippen molar-refractivity contribution in [1.82, 2.24) is 9.78 Å². The molecule has 5 nitrogen and oxygen atoms in total. The first-order chi connectivity index (χ1) is 9.71. The number of hydrogen-bond donors (Lipinski definition) is 1. The second kappa shape index (κ2) is 5.04. The third-order valence-electron chi connectivity index (χ3n) is 2.80. The first kappa shape index (κ1) is 14.8. The molecular formula is C13H9F3N2O3. The Bertz CT molecular complexity index is 766. The Hall–Kier alpha value is -2.64. The summed E-state index contributed by atoms with van der Waals surface area (Å²) < 4.78 is 39.6. The predicted octanol–water partition coefficient (Wildman–Crippen LogP) is 2.16. The van der Waals surface area contributed by atoms with E-state index in [1.165, 1.54) is 25.2 Å². The van der Waals surface area contributed by atoms with Gasteiger partial charge in [0.15, 0.2) is 0 Å². The molecule has 1 aromatic heterocycles. The van der Waals surface area contributed by atoms with Crippen molar-refractivity contribution in [2.45, 2.75) is 6.18 Å². The van der Waals surface area contributed by atoms with Crippen LogP contribution in [0.4, 0.5) is 13.2 Å². The van der Waals surface area contributed by atoms with Gasteiger partial charge in [-0.05, 0) is 12.1 Å². The van der Waals surface area contributed by atoms with Crippen LogP contribution in [-0.2, 0) is 13.2 Å². The summed E-state index contributed by atoms with van der Waals surface area (Å²) in [6.45, 7) is 0. The molecule has 0 saturated carbocycles. The number of aromatic nitrogens is 2. The zero-order valence-electron chi connectivity index (χ0n) is 10.7. The van der Waals surface area contributed by atoms with Gasteiger partial charge in [-0.15, -0.1) is 0 Å². The Labute approximate surface area is 116 Å². The monoisotopic (exact) mass is 298 g/mol. The molecule has 0 radical (unpaired) electrons. The van der Waals surface area contributed by atoms with Crippen molar-refractivity contribution in [2.24, 2.45) is 7.05 Å². The van der Waals surface area contributed by atoms with Crippen molar-refractivity contribution in [3.8, 4) is 11.3 Å². The Kier molecular flexibility index (Phi) is 3.54. The number of carbonyl (C=O) groups is 1. The second-order valence-corrected chi connectivity index (χ2v) is 4.22. The van der Waals surface area contributed by atoms with Gasteiger partial charge < -0.3 is 5.11 Å². The summed E-state index contributed by atoms with van der Waals surface area (Å²) in [6, 6.07) is 5.46. The molecule has 1 heterocycles. The highest BCUT2D eigenvalue weighted by Crippen LogP contribution is 2.36. The van der Waals surface area contributed by atoms with Crippen molar-refractivity contribution in [3.63, 3.8) is 0 Å². The molecule has 0 bridgehead atoms. The van der Waals surface area contributed by atoms with Gasteiger partial charge in [0.05, 0.1) is 11.3 Å². The summed E-state index contributed by atoms with van der Waals surface area (Å²) in [5.74, 6) is -1.52. The van der Waals surface area contributed by atoms with Gasteiger partial charge in [-0.1, -0.05) is 18.2 Å². The van der Waals surface area contributed by atoms with Gasteiger partial charge in [0.25, 0.3) is 5.56 Å². The number of alkyl halides is 3. The maximum absolute atomic E-state index is 13.0. The van der Waals surface area contributed by atoms with Crippen molar-refractivity contribution >= 4 is 5.97 Å². The maximum atomic E-state index is 13.0. The summed E-state index contributed by atoms with van der Waals surface area (Å²) in [4.78, 5) is 22.5. The molecule has 2 rings (SSSR count). The zero-order chi connectivity index (χ0) is 15.8. The van der Waals surface area contributed by atoms with E-state index >= 15 is 0 Å². The summed E-state index contributed by atoms with van der Waals surface area (Å²) in [5.41, 5.74) is -3.01. The lowest BCUT2D eigenvalue weighted by atomic mass is 10.0. The van der Waals surface area contributed by atoms with E-state index in [4.69, 9.17) is 5.11 Å². The minimum atomic E-state index is -4.61. The number of rotatable bonds is 2. The quantitative estimate of drug-likeness (QED) is 0.922. The molecule has 0 saturated heterocycles. The van der Waals surface area contributed by atoms with Gasteiger partial charge in [0.2, 0.25) is 0 Å². The van der Waals surface area contributed by atoms with Crippen LogP contribution in [-0.4, -0.2) is 20.9 Å². The number of nitrogens with zero attached hydrogens (tertiary/aromatic N) is 2. The van der Waals surface area contributed by atoms with E-state index in [9.17, 15) is 22.8 Å². The van der Waals surface area contributed by atoms with Gasteiger partial charge in [-0.3, -0.25) is 4.79 Å². The first-order valence-electron chi connectivity index (χ1n) is 5.70. The molecule has 1 aromatic carbocycles. The third-order valence-corrected chi connectivity index (χ3v) is 2.80. The molecule has 0 spiro atoms. The highest BCUT2D eigenvalue weighted by Gasteiger charge is 2.34. The molecule has 0 aliphatic carbocycles. The second-order valence-electron chi connectivity index (χ2n) is 4.22. The summed E-state index contributed by atoms with van der Waals surface area (Å²) in [5, 5.41) is 12.6. The summed E-state index contributed by atoms with van der Waals surface area (Å²) >= 11 is 0. The van der Waals surface area contributed by atoms with Gasteiger partial charge >= 0.3 is 12.1 Å². The number of hydrogen-bond acceptors (Lipinski definition) is 3. The van der Waals surface area contributed by atoms with Crippen LogP contribution < -0.4 is 5.56 Å². The SMILES string of the molecule is Cn1nc(-c2ccccc2C(F)(F)F)cc(C(=O)O)c1=O. The molecular weight excluding hydrogens is 289 g/mol. The Morgan fingerprint density at radius 1 is 1.29 bits per heavy atom. The fraction of sp³-hybridized carbons (Fsp3) is 0.154. The van der Waals surface area contributed by atoms with Gasteiger partial charge in [-0.2, -0.15) is 18.3 Å². The Morgan fingerprint density at radius 2 is 1.90 bits per heavy atom. The number of halogens is 3. The fourth-order valence-corrected chi connectivity index (χ4v) is 1.85. The maximum Gasteiger partial charge on any atom is 0.417 e. The van der Waals surface area contributed by atoms with E-state index in [0.717, 1.165) is 12.1 Å². The van der Waals surface area contributed by atoms with Crippen LogP contribution in [0.2, 0.25) is 0 Å². The van der Waals surface area contributed by atoms with Crippen LogP contribution in [0, 0.1) is 0 Å². The van der Waals surface area contributed by atoms with Crippen LogP contribution in [0.5, 0.6) is 0 Å². The lowest BCUT2D eigenvalue weighted by Gasteiger charge is -2.13. The Balaban J connectivity index is 2.75. The van der Waals surface area contributed by atoms with Crippen molar-refractivity contribution < 1.29 is 23.1 Å². The molecule has 0 fully saturated rings. The Morgan fingerprint density at radius 3 is 2.48 bits per heavy atom. The van der Waals surface area contributed by atoms with E-state index in [2.05, 4.69) is 5.10 Å². The van der Waals surface area contributed by atoms with Crippen LogP contribution >= 0.6 is 0 Å². The molecule has 8 heteroatoms. The van der Waals surface area contributed by atoms with Crippen molar-refractivity contribution in [2.75, 3.05) is 0 Å². The smallest absolute Gasteiger partial charge is 0.417 e. The molecule has 0 aliphatic heterocycles. The number of aryl methyl sites for hydroxylation is 1. The molecule has 110 valence electrons. The number of carboxylic acids is 1. The van der Waals surface area contributed by atoms with E-state index < -0.39 is 28.8 Å². The minimum Gasteiger partial charge on any atom is -0.477 e. The normalized spacial score (nSPS) is 11.4. The number of carboxylic acid groups (broad SMARTS) is 1. The molecule has 2 aromatic rings. The highest BCUT2D eigenvalue weighted by molar-refractivity contribution is 5.88. The molecule has 1 N–H and O–H groups in total. The number of benzene rings is 1. The summed E-state index contributed by atoms with van der Waals surface area (Å²) in [6.07, 6.45) is -4.61. The minimum absolute atomic E-state index is 0.234. The highest BCUT2D eigenvalue weighted by atomic mass is 19.4.